The van der Waals surface area contributed by atoms with Gasteiger partial charge in [-0.2, -0.15) is 18.3 Å². The van der Waals surface area contributed by atoms with Crippen LogP contribution in [0.2, 0.25) is 0 Å². The number of likely N-dealkylation sites (N-methyl/N-ethyl adjacent to an activating group) is 1. The van der Waals surface area contributed by atoms with Crippen molar-refractivity contribution in [1.29, 1.82) is 0 Å². The largest absolute Gasteiger partial charge is 0.416 e. The number of alkyl halides is 3. The Morgan fingerprint density at radius 1 is 1.19 bits per heavy atom. The Hall–Kier alpha value is -3.17. The lowest BCUT2D eigenvalue weighted by molar-refractivity contribution is -0.137. The number of amides is 2. The van der Waals surface area contributed by atoms with Crippen molar-refractivity contribution in [2.45, 2.75) is 46.8 Å². The van der Waals surface area contributed by atoms with Crippen molar-refractivity contribution >= 4 is 17.6 Å². The highest BCUT2D eigenvalue weighted by Crippen LogP contribution is 2.31. The zero-order valence-electron chi connectivity index (χ0n) is 18.0. The van der Waals surface area contributed by atoms with Crippen LogP contribution in [0.4, 0.5) is 13.2 Å². The van der Waals surface area contributed by atoms with Crippen LogP contribution in [0, 0.1) is 13.8 Å². The van der Waals surface area contributed by atoms with Gasteiger partial charge in [0.2, 0.25) is 5.91 Å². The van der Waals surface area contributed by atoms with E-state index in [1.807, 2.05) is 0 Å². The molecular formula is C21H25F3N4O3. The maximum atomic E-state index is 13.0. The maximum Gasteiger partial charge on any atom is 0.416 e. The molecule has 7 nitrogen and oxygen atoms in total. The molecule has 0 fully saturated rings. The van der Waals surface area contributed by atoms with E-state index in [1.54, 1.807) is 20.8 Å². The number of Topliss-reactive ketones (excluding diaryl/α,β-unsaturated/α-hetero) is 1. The number of nitrogens with zero attached hydrogens (tertiary/aromatic N) is 3. The molecule has 168 valence electrons. The van der Waals surface area contributed by atoms with Crippen molar-refractivity contribution in [3.63, 3.8) is 0 Å². The average molecular weight is 438 g/mol. The highest BCUT2D eigenvalue weighted by atomic mass is 19.4. The minimum atomic E-state index is -4.53. The average Bonchev–Trinajstić information content (AvgIpc) is 2.98. The Bertz CT molecular complexity index is 996. The number of benzene rings is 1. The number of aryl methyl sites for hydroxylation is 1. The molecule has 0 unspecified atom stereocenters. The summed E-state index contributed by atoms with van der Waals surface area (Å²) in [5.41, 5.74) is -0.292. The lowest BCUT2D eigenvalue weighted by Crippen LogP contribution is -2.45. The minimum absolute atomic E-state index is 0.00475. The van der Waals surface area contributed by atoms with Gasteiger partial charge < -0.3 is 10.2 Å². The number of aromatic nitrogens is 2. The molecule has 1 aromatic heterocycles. The lowest BCUT2D eigenvalue weighted by atomic mass is 10.1. The molecule has 0 saturated carbocycles. The summed E-state index contributed by atoms with van der Waals surface area (Å²) in [6, 6.07) is 4.41. The van der Waals surface area contributed by atoms with E-state index in [9.17, 15) is 27.6 Å². The van der Waals surface area contributed by atoms with Crippen molar-refractivity contribution < 1.29 is 27.6 Å². The maximum absolute atomic E-state index is 13.0. The fourth-order valence-electron chi connectivity index (χ4n) is 3.16. The second-order valence-electron chi connectivity index (χ2n) is 7.38. The molecule has 2 rings (SSSR count). The van der Waals surface area contributed by atoms with Gasteiger partial charge in [-0.1, -0.05) is 6.07 Å². The summed E-state index contributed by atoms with van der Waals surface area (Å²) in [5.74, 6) is -2.14. The standard InChI is InChI=1S/C21H25F3N4O3/c1-6-27(11-17(29)25-12(2)3)20(31)19(30)18-13(4)26-28(14(18)5)16-9-7-8-15(10-16)21(22,23)24/h7-10,12H,6,11H2,1-5H3,(H,25,29). The van der Waals surface area contributed by atoms with E-state index in [0.29, 0.717) is 0 Å². The van der Waals surface area contributed by atoms with Gasteiger partial charge in [0.05, 0.1) is 34.7 Å². The monoisotopic (exact) mass is 438 g/mol. The number of carbonyl (C=O) groups excluding carboxylic acids is 3. The molecule has 0 saturated heterocycles. The number of ketones is 1. The Morgan fingerprint density at radius 3 is 2.39 bits per heavy atom. The Kier molecular flexibility index (Phi) is 7.24. The van der Waals surface area contributed by atoms with Gasteiger partial charge in [-0.25, -0.2) is 4.68 Å². The first-order chi connectivity index (χ1) is 14.4. The third-order valence-electron chi connectivity index (χ3n) is 4.58. The lowest BCUT2D eigenvalue weighted by Gasteiger charge is -2.20. The molecule has 0 bridgehead atoms. The second-order valence-corrected chi connectivity index (χ2v) is 7.38. The Labute approximate surface area is 178 Å². The molecule has 0 aliphatic heterocycles. The first-order valence-electron chi connectivity index (χ1n) is 9.73. The summed E-state index contributed by atoms with van der Waals surface area (Å²) in [7, 11) is 0. The summed E-state index contributed by atoms with van der Waals surface area (Å²) in [6.07, 6.45) is -4.53. The highest BCUT2D eigenvalue weighted by Gasteiger charge is 2.32. The molecule has 1 N–H and O–H groups in total. The van der Waals surface area contributed by atoms with Gasteiger partial charge in [0.25, 0.3) is 11.7 Å². The van der Waals surface area contributed by atoms with Crippen molar-refractivity contribution in [2.24, 2.45) is 0 Å². The van der Waals surface area contributed by atoms with Crippen LogP contribution in [0.1, 0.15) is 48.1 Å². The SMILES string of the molecule is CCN(CC(=O)NC(C)C)C(=O)C(=O)c1c(C)nn(-c2cccc(C(F)(F)F)c2)c1C. The van der Waals surface area contributed by atoms with Crippen LogP contribution in [0.15, 0.2) is 24.3 Å². The van der Waals surface area contributed by atoms with E-state index in [4.69, 9.17) is 0 Å². The minimum Gasteiger partial charge on any atom is -0.352 e. The Morgan fingerprint density at radius 2 is 1.84 bits per heavy atom. The summed E-state index contributed by atoms with van der Waals surface area (Å²) in [6.45, 7) is 8.04. The van der Waals surface area contributed by atoms with Crippen LogP contribution in [-0.4, -0.2) is 51.4 Å². The summed E-state index contributed by atoms with van der Waals surface area (Å²) in [5, 5.41) is 6.83. The number of carbonyl (C=O) groups is 3. The molecule has 0 aliphatic rings. The van der Waals surface area contributed by atoms with Crippen molar-refractivity contribution in [1.82, 2.24) is 20.0 Å². The smallest absolute Gasteiger partial charge is 0.352 e. The van der Waals surface area contributed by atoms with Crippen LogP contribution in [0.3, 0.4) is 0 Å². The summed E-state index contributed by atoms with van der Waals surface area (Å²) in [4.78, 5) is 38.8. The van der Waals surface area contributed by atoms with Crippen LogP contribution >= 0.6 is 0 Å². The van der Waals surface area contributed by atoms with E-state index < -0.39 is 29.3 Å². The first-order valence-corrected chi connectivity index (χ1v) is 9.73. The van der Waals surface area contributed by atoms with Crippen molar-refractivity contribution in [2.75, 3.05) is 13.1 Å². The Balaban J connectivity index is 2.36. The van der Waals surface area contributed by atoms with E-state index in [1.165, 1.54) is 30.7 Å². The molecular weight excluding hydrogens is 413 g/mol. The van der Waals surface area contributed by atoms with Gasteiger partial charge >= 0.3 is 6.18 Å². The summed E-state index contributed by atoms with van der Waals surface area (Å²) >= 11 is 0. The number of hydrogen-bond donors (Lipinski definition) is 1. The molecule has 1 heterocycles. The van der Waals surface area contributed by atoms with E-state index in [2.05, 4.69) is 10.4 Å². The molecule has 2 aromatic rings. The predicted molar refractivity (Wildman–Crippen MR) is 108 cm³/mol. The van der Waals surface area contributed by atoms with Gasteiger partial charge in [0.1, 0.15) is 0 Å². The van der Waals surface area contributed by atoms with Gasteiger partial charge in [-0.05, 0) is 52.8 Å². The molecule has 31 heavy (non-hydrogen) atoms. The number of rotatable bonds is 7. The number of hydrogen-bond acceptors (Lipinski definition) is 4. The molecule has 2 amide bonds. The molecule has 0 aliphatic carbocycles. The molecule has 1 aromatic carbocycles. The molecule has 10 heteroatoms. The zero-order valence-corrected chi connectivity index (χ0v) is 18.0. The highest BCUT2D eigenvalue weighted by molar-refractivity contribution is 6.43. The zero-order chi connectivity index (χ0) is 23.5. The van der Waals surface area contributed by atoms with Gasteiger partial charge in [0, 0.05) is 12.6 Å². The predicted octanol–water partition coefficient (Wildman–Crippen LogP) is 3.06. The van der Waals surface area contributed by atoms with Gasteiger partial charge in [-0.15, -0.1) is 0 Å². The molecule has 0 atom stereocenters. The van der Waals surface area contributed by atoms with E-state index in [-0.39, 0.29) is 41.8 Å². The number of nitrogens with one attached hydrogen (secondary N) is 1. The van der Waals surface area contributed by atoms with Gasteiger partial charge in [0.15, 0.2) is 0 Å². The van der Waals surface area contributed by atoms with E-state index >= 15 is 0 Å². The normalized spacial score (nSPS) is 11.5. The van der Waals surface area contributed by atoms with Crippen molar-refractivity contribution in [3.8, 4) is 5.69 Å². The fourth-order valence-corrected chi connectivity index (χ4v) is 3.16. The molecule has 0 spiro atoms. The van der Waals surface area contributed by atoms with Crippen LogP contribution < -0.4 is 5.32 Å². The fraction of sp³-hybridized carbons (Fsp3) is 0.429. The number of halogens is 3. The van der Waals surface area contributed by atoms with Crippen LogP contribution in [-0.2, 0) is 15.8 Å². The second kappa shape index (κ2) is 9.32. The molecule has 0 radical (unpaired) electrons. The quantitative estimate of drug-likeness (QED) is 0.532. The third-order valence-corrected chi connectivity index (χ3v) is 4.58. The third kappa shape index (κ3) is 5.50. The first kappa shape index (κ1) is 24.1. The van der Waals surface area contributed by atoms with Crippen LogP contribution in [0.25, 0.3) is 5.69 Å². The van der Waals surface area contributed by atoms with Crippen molar-refractivity contribution in [3.05, 3.63) is 46.8 Å². The summed E-state index contributed by atoms with van der Waals surface area (Å²) < 4.78 is 40.3. The van der Waals surface area contributed by atoms with Crippen LogP contribution in [0.5, 0.6) is 0 Å². The van der Waals surface area contributed by atoms with E-state index in [0.717, 1.165) is 17.0 Å². The van der Waals surface area contributed by atoms with Gasteiger partial charge in [-0.3, -0.25) is 14.4 Å². The topological polar surface area (TPSA) is 84.3 Å².